The van der Waals surface area contributed by atoms with Crippen LogP contribution in [0.1, 0.15) is 25.1 Å². The number of hydrogen-bond acceptors (Lipinski definition) is 5. The minimum Gasteiger partial charge on any atom is -0.379 e. The van der Waals surface area contributed by atoms with E-state index in [0.29, 0.717) is 5.15 Å². The van der Waals surface area contributed by atoms with Gasteiger partial charge in [0.2, 0.25) is 0 Å². The van der Waals surface area contributed by atoms with Crippen molar-refractivity contribution in [1.29, 1.82) is 0 Å². The highest BCUT2D eigenvalue weighted by atomic mass is 35.5. The van der Waals surface area contributed by atoms with Gasteiger partial charge in [0.25, 0.3) is 0 Å². The van der Waals surface area contributed by atoms with Gasteiger partial charge in [0.05, 0.1) is 18.9 Å². The minimum absolute atomic E-state index is 0.0796. The van der Waals surface area contributed by atoms with Crippen LogP contribution in [0.2, 0.25) is 5.15 Å². The number of morpholine rings is 1. The molecule has 1 aliphatic heterocycles. The highest BCUT2D eigenvalue weighted by Crippen LogP contribution is 2.27. The number of aryl methyl sites for hydroxylation is 2. The molecule has 2 heterocycles. The van der Waals surface area contributed by atoms with Crippen LogP contribution in [-0.4, -0.2) is 52.6 Å². The zero-order valence-electron chi connectivity index (χ0n) is 13.3. The van der Waals surface area contributed by atoms with Crippen LogP contribution in [0.4, 0.5) is 0 Å². The van der Waals surface area contributed by atoms with E-state index in [2.05, 4.69) is 29.3 Å². The van der Waals surface area contributed by atoms with Crippen LogP contribution >= 0.6 is 11.6 Å². The molecule has 6 nitrogen and oxygen atoms in total. The Labute approximate surface area is 131 Å². The number of rotatable bonds is 5. The Hall–Kier alpha value is -0.660. The van der Waals surface area contributed by atoms with Crippen molar-refractivity contribution in [3.8, 4) is 0 Å². The smallest absolute Gasteiger partial charge is 0.130 e. The molecule has 0 radical (unpaired) electrons. The van der Waals surface area contributed by atoms with Crippen LogP contribution in [0.3, 0.4) is 0 Å². The van der Waals surface area contributed by atoms with Gasteiger partial charge in [0, 0.05) is 37.3 Å². The molecule has 0 spiro atoms. The first-order valence-electron chi connectivity index (χ1n) is 7.34. The number of hydrogen-bond donors (Lipinski definition) is 2. The van der Waals surface area contributed by atoms with E-state index < -0.39 is 0 Å². The molecule has 21 heavy (non-hydrogen) atoms. The monoisotopic (exact) mass is 315 g/mol. The van der Waals surface area contributed by atoms with Crippen molar-refractivity contribution in [2.24, 2.45) is 12.9 Å². The largest absolute Gasteiger partial charge is 0.379 e. The predicted molar refractivity (Wildman–Crippen MR) is 84.2 cm³/mol. The topological polar surface area (TPSA) is 68.3 Å². The molecule has 3 N–H and O–H groups in total. The lowest BCUT2D eigenvalue weighted by atomic mass is 9.87. The highest BCUT2D eigenvalue weighted by molar-refractivity contribution is 6.30. The summed E-state index contributed by atoms with van der Waals surface area (Å²) in [5.74, 6) is 5.84. The maximum atomic E-state index is 6.35. The fourth-order valence-electron chi connectivity index (χ4n) is 2.98. The third-order valence-electron chi connectivity index (χ3n) is 4.56. The molecule has 1 aromatic rings. The van der Waals surface area contributed by atoms with Crippen molar-refractivity contribution >= 4 is 11.6 Å². The number of hydrazine groups is 1. The molecule has 7 heteroatoms. The summed E-state index contributed by atoms with van der Waals surface area (Å²) in [7, 11) is 1.86. The maximum Gasteiger partial charge on any atom is 0.130 e. The Morgan fingerprint density at radius 1 is 1.43 bits per heavy atom. The van der Waals surface area contributed by atoms with Crippen LogP contribution in [0.15, 0.2) is 0 Å². The summed E-state index contributed by atoms with van der Waals surface area (Å²) in [5.41, 5.74) is 4.90. The highest BCUT2D eigenvalue weighted by Gasteiger charge is 2.36. The zero-order chi connectivity index (χ0) is 15.6. The average molecular weight is 316 g/mol. The number of aromatic nitrogens is 2. The van der Waals surface area contributed by atoms with Gasteiger partial charge in [-0.15, -0.1) is 0 Å². The van der Waals surface area contributed by atoms with E-state index in [4.69, 9.17) is 22.2 Å². The van der Waals surface area contributed by atoms with E-state index in [-0.39, 0.29) is 11.6 Å². The fraction of sp³-hybridized carbons (Fsp3) is 0.786. The van der Waals surface area contributed by atoms with Gasteiger partial charge in [0.15, 0.2) is 0 Å². The van der Waals surface area contributed by atoms with E-state index in [1.165, 1.54) is 0 Å². The van der Waals surface area contributed by atoms with Crippen molar-refractivity contribution in [1.82, 2.24) is 20.1 Å². The van der Waals surface area contributed by atoms with Crippen molar-refractivity contribution in [3.05, 3.63) is 16.4 Å². The Balaban J connectivity index is 2.18. The normalized spacial score (nSPS) is 19.0. The van der Waals surface area contributed by atoms with Crippen LogP contribution in [-0.2, 0) is 18.2 Å². The molecule has 1 atom stereocenters. The van der Waals surface area contributed by atoms with Crippen LogP contribution in [0.25, 0.3) is 0 Å². The standard InChI is InChI=1S/C14H26ClN5O/c1-10-11(13(15)19(4)18-10)9-12(17-16)14(2,3)20-5-7-21-8-6-20/h12,17H,5-9,16H2,1-4H3. The molecule has 1 saturated heterocycles. The summed E-state index contributed by atoms with van der Waals surface area (Å²) >= 11 is 6.35. The number of ether oxygens (including phenoxy) is 1. The second-order valence-electron chi connectivity index (χ2n) is 6.15. The first-order valence-corrected chi connectivity index (χ1v) is 7.72. The van der Waals surface area contributed by atoms with Gasteiger partial charge in [-0.3, -0.25) is 20.9 Å². The van der Waals surface area contributed by atoms with Crippen molar-refractivity contribution < 1.29 is 4.74 Å². The summed E-state index contributed by atoms with van der Waals surface area (Å²) in [6.45, 7) is 9.79. The van der Waals surface area contributed by atoms with Crippen molar-refractivity contribution in [2.45, 2.75) is 38.8 Å². The van der Waals surface area contributed by atoms with E-state index >= 15 is 0 Å². The summed E-state index contributed by atoms with van der Waals surface area (Å²) in [5, 5.41) is 5.06. The van der Waals surface area contributed by atoms with E-state index in [9.17, 15) is 0 Å². The summed E-state index contributed by atoms with van der Waals surface area (Å²) in [4.78, 5) is 2.42. The number of nitrogens with one attached hydrogen (secondary N) is 1. The molecule has 0 amide bonds. The van der Waals surface area contributed by atoms with Gasteiger partial charge >= 0.3 is 0 Å². The Morgan fingerprint density at radius 2 is 2.05 bits per heavy atom. The fourth-order valence-corrected chi connectivity index (χ4v) is 3.23. The van der Waals surface area contributed by atoms with Gasteiger partial charge in [-0.2, -0.15) is 5.10 Å². The molecule has 0 bridgehead atoms. The number of nitrogens with zero attached hydrogens (tertiary/aromatic N) is 3. The van der Waals surface area contributed by atoms with Gasteiger partial charge in [0.1, 0.15) is 5.15 Å². The van der Waals surface area contributed by atoms with E-state index in [1.54, 1.807) is 4.68 Å². The second kappa shape index (κ2) is 6.62. The SMILES string of the molecule is Cc1nn(C)c(Cl)c1CC(NN)C(C)(C)N1CCOCC1. The Morgan fingerprint density at radius 3 is 2.52 bits per heavy atom. The quantitative estimate of drug-likeness (QED) is 0.623. The number of halogens is 1. The average Bonchev–Trinajstić information content (AvgIpc) is 2.71. The third-order valence-corrected chi connectivity index (χ3v) is 5.03. The molecule has 2 rings (SSSR count). The maximum absolute atomic E-state index is 6.35. The van der Waals surface area contributed by atoms with Crippen LogP contribution in [0, 0.1) is 6.92 Å². The van der Waals surface area contributed by atoms with Gasteiger partial charge < -0.3 is 4.74 Å². The first kappa shape index (κ1) is 16.7. The van der Waals surface area contributed by atoms with E-state index in [1.807, 2.05) is 14.0 Å². The number of nitrogens with two attached hydrogens (primary N) is 1. The van der Waals surface area contributed by atoms with Gasteiger partial charge in [-0.1, -0.05) is 11.6 Å². The molecule has 1 aromatic heterocycles. The molecular weight excluding hydrogens is 290 g/mol. The summed E-state index contributed by atoms with van der Waals surface area (Å²) < 4.78 is 7.15. The lowest BCUT2D eigenvalue weighted by Gasteiger charge is -2.45. The molecule has 0 saturated carbocycles. The summed E-state index contributed by atoms with van der Waals surface area (Å²) in [6.07, 6.45) is 0.749. The third kappa shape index (κ3) is 3.40. The molecule has 0 aromatic carbocycles. The Bertz CT molecular complexity index is 482. The lowest BCUT2D eigenvalue weighted by Crippen LogP contribution is -2.62. The first-order chi connectivity index (χ1) is 9.87. The van der Waals surface area contributed by atoms with E-state index in [0.717, 1.165) is 44.0 Å². The van der Waals surface area contributed by atoms with Gasteiger partial charge in [-0.25, -0.2) is 0 Å². The molecule has 120 valence electrons. The zero-order valence-corrected chi connectivity index (χ0v) is 14.1. The lowest BCUT2D eigenvalue weighted by molar-refractivity contribution is -0.0233. The van der Waals surface area contributed by atoms with Crippen molar-refractivity contribution in [3.63, 3.8) is 0 Å². The molecular formula is C14H26ClN5O. The predicted octanol–water partition coefficient (Wildman–Crippen LogP) is 0.867. The molecule has 1 unspecified atom stereocenters. The minimum atomic E-state index is -0.0931. The molecule has 1 fully saturated rings. The second-order valence-corrected chi connectivity index (χ2v) is 6.51. The summed E-state index contributed by atoms with van der Waals surface area (Å²) in [6, 6.07) is 0.0796. The Kier molecular flexibility index (Phi) is 5.27. The van der Waals surface area contributed by atoms with Crippen LogP contribution in [0.5, 0.6) is 0 Å². The van der Waals surface area contributed by atoms with Crippen LogP contribution < -0.4 is 11.3 Å². The molecule has 0 aliphatic carbocycles. The van der Waals surface area contributed by atoms with Gasteiger partial charge in [-0.05, 0) is 27.2 Å². The molecule has 1 aliphatic rings. The van der Waals surface area contributed by atoms with Crippen molar-refractivity contribution in [2.75, 3.05) is 26.3 Å².